The number of methoxy groups -OCH3 is 2. The minimum atomic E-state index is -0.805. The number of hydrogen-bond acceptors (Lipinski definition) is 6. The second kappa shape index (κ2) is 6.45. The molecule has 0 aromatic heterocycles. The Morgan fingerprint density at radius 2 is 2.14 bits per heavy atom. The molecular weight excluding hydrogens is 278 g/mol. The van der Waals surface area contributed by atoms with Gasteiger partial charge in [0.2, 0.25) is 0 Å². The van der Waals surface area contributed by atoms with Gasteiger partial charge in [-0.3, -0.25) is 4.79 Å². The lowest BCUT2D eigenvalue weighted by atomic mass is 10.1. The van der Waals surface area contributed by atoms with Crippen LogP contribution < -0.4 is 4.74 Å². The number of carbonyl (C=O) groups is 2. The normalized spacial score (nSPS) is 18.2. The number of esters is 1. The van der Waals surface area contributed by atoms with E-state index in [2.05, 4.69) is 4.74 Å². The van der Waals surface area contributed by atoms with Crippen LogP contribution in [0.25, 0.3) is 0 Å². The quantitative estimate of drug-likeness (QED) is 0.813. The van der Waals surface area contributed by atoms with Crippen molar-refractivity contribution >= 4 is 11.9 Å². The molecule has 21 heavy (non-hydrogen) atoms. The maximum absolute atomic E-state index is 12.4. The van der Waals surface area contributed by atoms with Crippen molar-refractivity contribution in [1.82, 2.24) is 4.90 Å². The number of phenols is 1. The van der Waals surface area contributed by atoms with E-state index in [-0.39, 0.29) is 36.1 Å². The number of rotatable bonds is 3. The molecule has 1 aliphatic heterocycles. The van der Waals surface area contributed by atoms with Crippen LogP contribution >= 0.6 is 0 Å². The molecule has 114 valence electrons. The lowest BCUT2D eigenvalue weighted by molar-refractivity contribution is -0.158. The fraction of sp³-hybridized carbons (Fsp3) is 0.429. The van der Waals surface area contributed by atoms with E-state index in [0.29, 0.717) is 6.54 Å². The fourth-order valence-corrected chi connectivity index (χ4v) is 2.14. The number of benzene rings is 1. The molecule has 1 amide bonds. The van der Waals surface area contributed by atoms with Crippen LogP contribution in [0.2, 0.25) is 0 Å². The van der Waals surface area contributed by atoms with Crippen molar-refractivity contribution in [2.24, 2.45) is 0 Å². The molecule has 1 fully saturated rings. The van der Waals surface area contributed by atoms with E-state index in [9.17, 15) is 14.7 Å². The molecule has 7 nitrogen and oxygen atoms in total. The topological polar surface area (TPSA) is 85.3 Å². The lowest BCUT2D eigenvalue weighted by Crippen LogP contribution is -2.48. The Kier molecular flexibility index (Phi) is 4.64. The molecule has 1 aromatic rings. The molecule has 1 heterocycles. The highest BCUT2D eigenvalue weighted by Gasteiger charge is 2.31. The highest BCUT2D eigenvalue weighted by atomic mass is 16.6. The number of morpholine rings is 1. The van der Waals surface area contributed by atoms with Crippen LogP contribution in [-0.4, -0.2) is 61.9 Å². The standard InChI is InChI=1S/C14H17NO6/c1-19-10-5-3-4-9(12(10)16)13(17)15-6-7-21-11(8-15)14(18)20-2/h3-5,11,16H,6-8H2,1-2H3. The van der Waals surface area contributed by atoms with Gasteiger partial charge >= 0.3 is 5.97 Å². The van der Waals surface area contributed by atoms with Crippen molar-refractivity contribution in [2.45, 2.75) is 6.10 Å². The largest absolute Gasteiger partial charge is 0.504 e. The van der Waals surface area contributed by atoms with Gasteiger partial charge in [0, 0.05) is 6.54 Å². The van der Waals surface area contributed by atoms with E-state index < -0.39 is 12.1 Å². The number of carbonyl (C=O) groups excluding carboxylic acids is 2. The highest BCUT2D eigenvalue weighted by molar-refractivity contribution is 5.98. The summed E-state index contributed by atoms with van der Waals surface area (Å²) in [7, 11) is 2.67. The summed E-state index contributed by atoms with van der Waals surface area (Å²) < 4.78 is 14.9. The van der Waals surface area contributed by atoms with E-state index >= 15 is 0 Å². The minimum Gasteiger partial charge on any atom is -0.504 e. The lowest BCUT2D eigenvalue weighted by Gasteiger charge is -2.31. The Bertz CT molecular complexity index is 544. The number of para-hydroxylation sites is 1. The van der Waals surface area contributed by atoms with E-state index in [0.717, 1.165) is 0 Å². The summed E-state index contributed by atoms with van der Waals surface area (Å²) in [5.74, 6) is -0.907. The minimum absolute atomic E-state index is 0.0855. The summed E-state index contributed by atoms with van der Waals surface area (Å²) in [6, 6.07) is 4.68. The Morgan fingerprint density at radius 3 is 2.81 bits per heavy atom. The molecule has 7 heteroatoms. The molecule has 1 saturated heterocycles. The third-order valence-electron chi connectivity index (χ3n) is 3.27. The summed E-state index contributed by atoms with van der Waals surface area (Å²) in [5.41, 5.74) is 0.125. The molecule has 1 aromatic carbocycles. The van der Waals surface area contributed by atoms with Crippen LogP contribution in [0.3, 0.4) is 0 Å². The first-order valence-corrected chi connectivity index (χ1v) is 6.43. The predicted molar refractivity (Wildman–Crippen MR) is 72.3 cm³/mol. The van der Waals surface area contributed by atoms with Gasteiger partial charge in [-0.1, -0.05) is 6.07 Å². The Morgan fingerprint density at radius 1 is 1.38 bits per heavy atom. The number of phenolic OH excluding ortho intramolecular Hbond substituents is 1. The van der Waals surface area contributed by atoms with Gasteiger partial charge in [-0.15, -0.1) is 0 Å². The first-order valence-electron chi connectivity index (χ1n) is 6.43. The fourth-order valence-electron chi connectivity index (χ4n) is 2.14. The molecule has 0 spiro atoms. The molecule has 2 rings (SSSR count). The van der Waals surface area contributed by atoms with Crippen LogP contribution in [0, 0.1) is 0 Å². The molecule has 1 N–H and O–H groups in total. The number of hydrogen-bond donors (Lipinski definition) is 1. The van der Waals surface area contributed by atoms with Crippen LogP contribution in [-0.2, 0) is 14.3 Å². The van der Waals surface area contributed by atoms with Crippen molar-refractivity contribution in [3.05, 3.63) is 23.8 Å². The number of amides is 1. The van der Waals surface area contributed by atoms with Gasteiger partial charge in [0.1, 0.15) is 0 Å². The maximum atomic E-state index is 12.4. The number of nitrogens with zero attached hydrogens (tertiary/aromatic N) is 1. The average molecular weight is 295 g/mol. The molecule has 0 aliphatic carbocycles. The van der Waals surface area contributed by atoms with Crippen LogP contribution in [0.4, 0.5) is 0 Å². The second-order valence-electron chi connectivity index (χ2n) is 4.49. The van der Waals surface area contributed by atoms with Crippen molar-refractivity contribution in [3.8, 4) is 11.5 Å². The first kappa shape index (κ1) is 15.1. The molecular formula is C14H17NO6. The number of aromatic hydroxyl groups is 1. The van der Waals surface area contributed by atoms with Crippen molar-refractivity contribution < 1.29 is 28.9 Å². The Hall–Kier alpha value is -2.28. The zero-order chi connectivity index (χ0) is 15.4. The van der Waals surface area contributed by atoms with Gasteiger partial charge in [-0.2, -0.15) is 0 Å². The van der Waals surface area contributed by atoms with Gasteiger partial charge in [-0.05, 0) is 12.1 Å². The smallest absolute Gasteiger partial charge is 0.336 e. The van der Waals surface area contributed by atoms with Gasteiger partial charge < -0.3 is 24.2 Å². The second-order valence-corrected chi connectivity index (χ2v) is 4.49. The average Bonchev–Trinajstić information content (AvgIpc) is 2.53. The summed E-state index contributed by atoms with van der Waals surface area (Å²) in [6.45, 7) is 0.654. The molecule has 0 bridgehead atoms. The summed E-state index contributed by atoms with van der Waals surface area (Å²) in [4.78, 5) is 25.4. The molecule has 0 saturated carbocycles. The van der Waals surface area contributed by atoms with E-state index in [4.69, 9.17) is 9.47 Å². The monoisotopic (exact) mass is 295 g/mol. The van der Waals surface area contributed by atoms with Crippen LogP contribution in [0.1, 0.15) is 10.4 Å². The van der Waals surface area contributed by atoms with Crippen LogP contribution in [0.15, 0.2) is 18.2 Å². The summed E-state index contributed by atoms with van der Waals surface area (Å²) in [6.07, 6.45) is -0.805. The van der Waals surface area contributed by atoms with Gasteiger partial charge in [0.25, 0.3) is 5.91 Å². The van der Waals surface area contributed by atoms with Crippen molar-refractivity contribution in [3.63, 3.8) is 0 Å². The molecule has 1 atom stereocenters. The van der Waals surface area contributed by atoms with Gasteiger partial charge in [0.05, 0.1) is 32.9 Å². The van der Waals surface area contributed by atoms with E-state index in [1.807, 2.05) is 0 Å². The third-order valence-corrected chi connectivity index (χ3v) is 3.27. The maximum Gasteiger partial charge on any atom is 0.336 e. The molecule has 1 unspecified atom stereocenters. The predicted octanol–water partition coefficient (Wildman–Crippen LogP) is 0.415. The molecule has 1 aliphatic rings. The summed E-state index contributed by atoms with van der Waals surface area (Å²) in [5, 5.41) is 10.0. The van der Waals surface area contributed by atoms with Gasteiger partial charge in [0.15, 0.2) is 17.6 Å². The highest BCUT2D eigenvalue weighted by Crippen LogP contribution is 2.30. The molecule has 0 radical (unpaired) electrons. The zero-order valence-electron chi connectivity index (χ0n) is 11.9. The van der Waals surface area contributed by atoms with Gasteiger partial charge in [-0.25, -0.2) is 4.79 Å². The zero-order valence-corrected chi connectivity index (χ0v) is 11.9. The van der Waals surface area contributed by atoms with Crippen molar-refractivity contribution in [1.29, 1.82) is 0 Å². The SMILES string of the molecule is COC(=O)C1CN(C(=O)c2cccc(OC)c2O)CCO1. The van der Waals surface area contributed by atoms with Crippen LogP contribution in [0.5, 0.6) is 11.5 Å². The summed E-state index contributed by atoms with van der Waals surface area (Å²) >= 11 is 0. The Labute approximate surface area is 122 Å². The van der Waals surface area contributed by atoms with Crippen molar-refractivity contribution in [2.75, 3.05) is 33.9 Å². The Balaban J connectivity index is 2.18. The number of ether oxygens (including phenoxy) is 3. The first-order chi connectivity index (χ1) is 10.1. The van der Waals surface area contributed by atoms with E-state index in [1.54, 1.807) is 12.1 Å². The third kappa shape index (κ3) is 3.08. The van der Waals surface area contributed by atoms with E-state index in [1.165, 1.54) is 25.2 Å².